The Kier molecular flexibility index (Phi) is 8.04. The van der Waals surface area contributed by atoms with Gasteiger partial charge in [-0.1, -0.05) is 29.8 Å². The van der Waals surface area contributed by atoms with Crippen LogP contribution < -0.4 is 4.74 Å². The van der Waals surface area contributed by atoms with Crippen LogP contribution in [0, 0.1) is 13.8 Å². The van der Waals surface area contributed by atoms with Gasteiger partial charge in [0.25, 0.3) is 0 Å². The zero-order valence-corrected chi connectivity index (χ0v) is 23.8. The first-order valence-corrected chi connectivity index (χ1v) is 14.4. The second kappa shape index (κ2) is 11.1. The van der Waals surface area contributed by atoms with Gasteiger partial charge in [0.15, 0.2) is 9.84 Å². The van der Waals surface area contributed by atoms with Crippen molar-refractivity contribution in [1.82, 2.24) is 9.78 Å². The van der Waals surface area contributed by atoms with Crippen LogP contribution in [-0.2, 0) is 29.9 Å². The molecule has 0 fully saturated rings. The number of aryl methyl sites for hydroxylation is 2. The molecular formula is C29H27ClN2O7S. The predicted molar refractivity (Wildman–Crippen MR) is 150 cm³/mol. The molecule has 0 bridgehead atoms. The average Bonchev–Trinajstić information content (AvgIpc) is 3.15. The highest BCUT2D eigenvalue weighted by atomic mass is 35.5. The van der Waals surface area contributed by atoms with Crippen molar-refractivity contribution >= 4 is 33.4 Å². The number of rotatable bonds is 9. The number of hydrogen-bond donors (Lipinski definition) is 2. The van der Waals surface area contributed by atoms with Gasteiger partial charge in [0.2, 0.25) is 0 Å². The Hall–Kier alpha value is -4.15. The maximum atomic E-state index is 12.7. The van der Waals surface area contributed by atoms with Gasteiger partial charge < -0.3 is 14.9 Å². The molecule has 11 heteroatoms. The van der Waals surface area contributed by atoms with Gasteiger partial charge in [-0.05, 0) is 73.4 Å². The van der Waals surface area contributed by atoms with Crippen LogP contribution in [0.25, 0.3) is 11.3 Å². The quantitative estimate of drug-likeness (QED) is 0.270. The van der Waals surface area contributed by atoms with Crippen molar-refractivity contribution in [2.24, 2.45) is 7.05 Å². The number of carbonyl (C=O) groups is 2. The van der Waals surface area contributed by atoms with Crippen LogP contribution in [0.2, 0.25) is 5.15 Å². The van der Waals surface area contributed by atoms with Gasteiger partial charge in [-0.3, -0.25) is 4.68 Å². The van der Waals surface area contributed by atoms with E-state index < -0.39 is 21.8 Å². The summed E-state index contributed by atoms with van der Waals surface area (Å²) in [5, 5.41) is 24.0. The number of ether oxygens (including phenoxy) is 1. The topological polar surface area (TPSA) is 136 Å². The summed E-state index contributed by atoms with van der Waals surface area (Å²) in [6.45, 7) is 3.66. The Morgan fingerprint density at radius 1 is 1.00 bits per heavy atom. The van der Waals surface area contributed by atoms with E-state index in [1.54, 1.807) is 29.9 Å². The monoisotopic (exact) mass is 582 g/mol. The van der Waals surface area contributed by atoms with Crippen LogP contribution in [0.15, 0.2) is 59.5 Å². The summed E-state index contributed by atoms with van der Waals surface area (Å²) >= 11 is 6.28. The van der Waals surface area contributed by atoms with E-state index in [9.17, 15) is 28.2 Å². The molecule has 0 atom stereocenters. The van der Waals surface area contributed by atoms with E-state index >= 15 is 0 Å². The maximum Gasteiger partial charge on any atom is 0.336 e. The smallest absolute Gasteiger partial charge is 0.336 e. The molecule has 9 nitrogen and oxygen atoms in total. The molecule has 0 aliphatic carbocycles. The van der Waals surface area contributed by atoms with E-state index in [2.05, 4.69) is 5.10 Å². The summed E-state index contributed by atoms with van der Waals surface area (Å²) < 4.78 is 33.0. The number of hydrogen-bond acceptors (Lipinski definition) is 6. The standard InChI is InChI=1S/C29H27ClN2O7S/c1-16-12-20(26-17(2)27(30)32(3)31-26)10-11-24(16)39-15-23-18(6-5-7-25(23)40(4,37)38)13-19-8-9-21(28(33)34)14-22(19)29(35)36/h5-12,14H,13,15H2,1-4H3,(H,33,34)(H,35,36). The summed E-state index contributed by atoms with van der Waals surface area (Å²) in [6, 6.07) is 14.2. The second-order valence-electron chi connectivity index (χ2n) is 9.48. The van der Waals surface area contributed by atoms with Crippen LogP contribution in [-0.4, -0.2) is 46.6 Å². The van der Waals surface area contributed by atoms with Gasteiger partial charge in [0.1, 0.15) is 17.5 Å². The Morgan fingerprint density at radius 3 is 2.30 bits per heavy atom. The Balaban J connectivity index is 1.70. The highest BCUT2D eigenvalue weighted by molar-refractivity contribution is 7.90. The van der Waals surface area contributed by atoms with E-state index in [0.717, 1.165) is 34.7 Å². The molecule has 0 radical (unpaired) electrons. The van der Waals surface area contributed by atoms with Crippen molar-refractivity contribution in [1.29, 1.82) is 0 Å². The summed E-state index contributed by atoms with van der Waals surface area (Å²) in [7, 11) is -1.89. The van der Waals surface area contributed by atoms with Crippen molar-refractivity contribution in [3.8, 4) is 17.0 Å². The molecule has 0 spiro atoms. The third kappa shape index (κ3) is 5.88. The van der Waals surface area contributed by atoms with E-state index in [4.69, 9.17) is 16.3 Å². The molecule has 0 saturated carbocycles. The number of nitrogens with zero attached hydrogens (tertiary/aromatic N) is 2. The fraction of sp³-hybridized carbons (Fsp3) is 0.207. The van der Waals surface area contributed by atoms with E-state index in [1.807, 2.05) is 26.0 Å². The Labute approximate surface area is 236 Å². The molecule has 0 aliphatic rings. The highest BCUT2D eigenvalue weighted by Gasteiger charge is 2.21. The lowest BCUT2D eigenvalue weighted by Gasteiger charge is -2.17. The van der Waals surface area contributed by atoms with Gasteiger partial charge in [-0.2, -0.15) is 5.10 Å². The van der Waals surface area contributed by atoms with E-state index in [0.29, 0.717) is 27.6 Å². The minimum atomic E-state index is -3.65. The zero-order chi connectivity index (χ0) is 29.4. The summed E-state index contributed by atoms with van der Waals surface area (Å²) in [5.41, 5.74) is 4.19. The van der Waals surface area contributed by atoms with E-state index in [-0.39, 0.29) is 29.1 Å². The van der Waals surface area contributed by atoms with Crippen molar-refractivity contribution in [3.05, 3.63) is 98.7 Å². The normalized spacial score (nSPS) is 11.4. The van der Waals surface area contributed by atoms with Crippen molar-refractivity contribution < 1.29 is 33.0 Å². The molecule has 3 aromatic carbocycles. The molecule has 0 saturated heterocycles. The van der Waals surface area contributed by atoms with Crippen LogP contribution in [0.5, 0.6) is 5.75 Å². The Bertz CT molecular complexity index is 1760. The number of aromatic carboxylic acids is 2. The molecule has 0 amide bonds. The number of halogens is 1. The number of sulfone groups is 1. The van der Waals surface area contributed by atoms with Gasteiger partial charge in [-0.15, -0.1) is 0 Å². The molecule has 0 unspecified atom stereocenters. The van der Waals surface area contributed by atoms with Gasteiger partial charge in [0.05, 0.1) is 21.7 Å². The third-order valence-corrected chi connectivity index (χ3v) is 8.33. The van der Waals surface area contributed by atoms with Crippen LogP contribution in [0.1, 0.15) is 48.5 Å². The van der Waals surface area contributed by atoms with Gasteiger partial charge in [0, 0.05) is 30.0 Å². The molecule has 2 N–H and O–H groups in total. The lowest BCUT2D eigenvalue weighted by molar-refractivity contribution is 0.0695. The lowest BCUT2D eigenvalue weighted by Crippen LogP contribution is -2.11. The molecule has 1 aromatic heterocycles. The molecule has 208 valence electrons. The van der Waals surface area contributed by atoms with Crippen molar-refractivity contribution in [2.75, 3.05) is 6.26 Å². The summed E-state index contributed by atoms with van der Waals surface area (Å²) in [4.78, 5) is 23.3. The molecule has 0 aliphatic heterocycles. The maximum absolute atomic E-state index is 12.7. The second-order valence-corrected chi connectivity index (χ2v) is 11.8. The van der Waals surface area contributed by atoms with Gasteiger partial charge >= 0.3 is 11.9 Å². The summed E-state index contributed by atoms with van der Waals surface area (Å²) in [6.07, 6.45) is 1.15. The molecule has 40 heavy (non-hydrogen) atoms. The fourth-order valence-corrected chi connectivity index (χ4v) is 5.64. The molecule has 1 heterocycles. The van der Waals surface area contributed by atoms with Crippen molar-refractivity contribution in [2.45, 2.75) is 31.8 Å². The average molecular weight is 583 g/mol. The predicted octanol–water partition coefficient (Wildman–Crippen LogP) is 5.33. The third-order valence-electron chi connectivity index (χ3n) is 6.62. The van der Waals surface area contributed by atoms with Crippen LogP contribution in [0.3, 0.4) is 0 Å². The molecule has 4 aromatic rings. The van der Waals surface area contributed by atoms with Gasteiger partial charge in [-0.25, -0.2) is 18.0 Å². The first-order chi connectivity index (χ1) is 18.8. The number of aromatic nitrogens is 2. The lowest BCUT2D eigenvalue weighted by atomic mass is 9.95. The highest BCUT2D eigenvalue weighted by Crippen LogP contribution is 2.32. The first kappa shape index (κ1) is 28.8. The summed E-state index contributed by atoms with van der Waals surface area (Å²) in [5.74, 6) is -1.99. The van der Waals surface area contributed by atoms with Crippen molar-refractivity contribution in [3.63, 3.8) is 0 Å². The minimum absolute atomic E-state index is 0.0568. The Morgan fingerprint density at radius 2 is 1.73 bits per heavy atom. The number of carboxylic acids is 2. The fourth-order valence-electron chi connectivity index (χ4n) is 4.55. The minimum Gasteiger partial charge on any atom is -0.489 e. The first-order valence-electron chi connectivity index (χ1n) is 12.1. The molecular weight excluding hydrogens is 556 g/mol. The largest absolute Gasteiger partial charge is 0.489 e. The van der Waals surface area contributed by atoms with Crippen LogP contribution in [0.4, 0.5) is 0 Å². The van der Waals surface area contributed by atoms with E-state index in [1.165, 1.54) is 18.2 Å². The molecule has 4 rings (SSSR count). The zero-order valence-electron chi connectivity index (χ0n) is 22.2. The number of benzene rings is 3. The number of carboxylic acid groups (broad SMARTS) is 2. The SMILES string of the molecule is Cc1cc(-c2nn(C)c(Cl)c2C)ccc1OCc1c(Cc2ccc(C(=O)O)cc2C(=O)O)cccc1S(C)(=O)=O. The van der Waals surface area contributed by atoms with Crippen LogP contribution >= 0.6 is 11.6 Å².